The highest BCUT2D eigenvalue weighted by Gasteiger charge is 2.50. The highest BCUT2D eigenvalue weighted by Crippen LogP contribution is 2.46. The summed E-state index contributed by atoms with van der Waals surface area (Å²) < 4.78 is 27.1. The van der Waals surface area contributed by atoms with E-state index in [1.807, 2.05) is 44.2 Å². The molecule has 2 amide bonds. The number of amidine groups is 1. The van der Waals surface area contributed by atoms with Crippen molar-refractivity contribution in [2.24, 2.45) is 10.8 Å². The van der Waals surface area contributed by atoms with Crippen LogP contribution in [0.15, 0.2) is 35.4 Å². The summed E-state index contributed by atoms with van der Waals surface area (Å²) in [6, 6.07) is 9.24. The number of nitrogens with zero attached hydrogens (tertiary/aromatic N) is 3. The lowest BCUT2D eigenvalue weighted by molar-refractivity contribution is -0.135. The number of nitrogens with two attached hydrogens (primary N) is 1. The van der Waals surface area contributed by atoms with Crippen LogP contribution >= 0.6 is 11.8 Å². The second-order valence-electron chi connectivity index (χ2n) is 8.33. The fourth-order valence-electron chi connectivity index (χ4n) is 3.55. The number of amides is 2. The van der Waals surface area contributed by atoms with E-state index in [-0.39, 0.29) is 37.1 Å². The van der Waals surface area contributed by atoms with Crippen molar-refractivity contribution < 1.29 is 18.0 Å². The molecular weight excluding hydrogens is 474 g/mol. The predicted octanol–water partition coefficient (Wildman–Crippen LogP) is 2.79. The lowest BCUT2D eigenvalue weighted by Gasteiger charge is -2.38. The van der Waals surface area contributed by atoms with Crippen LogP contribution in [0.5, 0.6) is 0 Å². The molecule has 1 aromatic rings. The van der Waals surface area contributed by atoms with Crippen LogP contribution in [0.4, 0.5) is 0 Å². The lowest BCUT2D eigenvalue weighted by atomic mass is 10.0. The normalized spacial score (nSPS) is 18.3. The third-order valence-electron chi connectivity index (χ3n) is 5.53. The van der Waals surface area contributed by atoms with Crippen molar-refractivity contribution in [1.29, 1.82) is 0 Å². The predicted molar refractivity (Wildman–Crippen MR) is 137 cm³/mol. The van der Waals surface area contributed by atoms with Crippen LogP contribution in [-0.2, 0) is 24.5 Å². The molecular formula is C23H37N5O4S2. The van der Waals surface area contributed by atoms with Crippen molar-refractivity contribution in [2.75, 3.05) is 25.9 Å². The Hall–Kier alpha value is -1.95. The molecule has 3 N–H and O–H groups in total. The lowest BCUT2D eigenvalue weighted by Crippen LogP contribution is -2.50. The summed E-state index contributed by atoms with van der Waals surface area (Å²) in [6.45, 7) is 4.25. The van der Waals surface area contributed by atoms with Crippen molar-refractivity contribution in [3.8, 4) is 0 Å². The molecule has 9 nitrogen and oxygen atoms in total. The Bertz CT molecular complexity index is 955. The summed E-state index contributed by atoms with van der Waals surface area (Å²) in [5, 5.41) is 8.99. The topological polar surface area (TPSA) is 125 Å². The maximum Gasteiger partial charge on any atom is 0.244 e. The minimum absolute atomic E-state index is 0.0235. The van der Waals surface area contributed by atoms with Crippen LogP contribution in [0.1, 0.15) is 64.4 Å². The van der Waals surface area contributed by atoms with Gasteiger partial charge in [-0.2, -0.15) is 0 Å². The Morgan fingerprint density at radius 3 is 2.38 bits per heavy atom. The number of rotatable bonds is 13. The first-order chi connectivity index (χ1) is 16.2. The number of carbonyl (C=O) groups is 2. The molecule has 1 aromatic carbocycles. The number of hydrazone groups is 1. The fraction of sp³-hybridized carbons (Fsp3) is 0.609. The first kappa shape index (κ1) is 28.3. The number of unbranched alkanes of at least 4 members (excludes halogenated alkanes) is 2. The average Bonchev–Trinajstić information content (AvgIpc) is 3.19. The Morgan fingerprint density at radius 1 is 1.12 bits per heavy atom. The molecule has 1 aliphatic heterocycles. The number of nitrogens with one attached hydrogen (secondary N) is 1. The zero-order valence-electron chi connectivity index (χ0n) is 20.3. The van der Waals surface area contributed by atoms with Crippen LogP contribution < -0.4 is 11.1 Å². The van der Waals surface area contributed by atoms with Gasteiger partial charge in [-0.1, -0.05) is 57.0 Å². The van der Waals surface area contributed by atoms with Crippen LogP contribution in [0.3, 0.4) is 0 Å². The maximum absolute atomic E-state index is 13.3. The summed E-state index contributed by atoms with van der Waals surface area (Å²) in [4.78, 5) is 24.6. The van der Waals surface area contributed by atoms with Crippen molar-refractivity contribution in [2.45, 2.75) is 63.7 Å². The SMILES string of the molecule is CCCCC(=O)NC1=NN(C(=O)CCCC)C(CN(C)S(=O)(=O)CCCN)(c2ccccc2)S1. The Balaban J connectivity index is 2.47. The van der Waals surface area contributed by atoms with Gasteiger partial charge in [-0.25, -0.2) is 17.7 Å². The van der Waals surface area contributed by atoms with E-state index in [1.54, 1.807) is 0 Å². The molecule has 0 aromatic heterocycles. The Morgan fingerprint density at radius 2 is 1.76 bits per heavy atom. The third kappa shape index (κ3) is 7.27. The van der Waals surface area contributed by atoms with Gasteiger partial charge in [0, 0.05) is 19.9 Å². The van der Waals surface area contributed by atoms with E-state index in [0.717, 1.165) is 24.8 Å². The molecule has 1 aliphatic rings. The highest BCUT2D eigenvalue weighted by atomic mass is 32.2. The first-order valence-corrected chi connectivity index (χ1v) is 14.2. The van der Waals surface area contributed by atoms with Crippen LogP contribution in [0.2, 0.25) is 0 Å². The second-order valence-corrected chi connectivity index (χ2v) is 11.8. The zero-order valence-corrected chi connectivity index (χ0v) is 22.0. The number of likely N-dealkylation sites (N-methyl/N-ethyl adjacent to an activating group) is 1. The molecule has 0 saturated carbocycles. The minimum atomic E-state index is -3.61. The van der Waals surface area contributed by atoms with E-state index in [0.29, 0.717) is 24.4 Å². The van der Waals surface area contributed by atoms with Gasteiger partial charge in [0.05, 0.1) is 12.3 Å². The molecule has 0 saturated heterocycles. The molecule has 0 fully saturated rings. The molecule has 11 heteroatoms. The van der Waals surface area contributed by atoms with Crippen LogP contribution in [-0.4, -0.2) is 60.6 Å². The molecule has 0 bridgehead atoms. The third-order valence-corrected chi connectivity index (χ3v) is 8.66. The minimum Gasteiger partial charge on any atom is -0.330 e. The molecule has 1 unspecified atom stereocenters. The monoisotopic (exact) mass is 511 g/mol. The van der Waals surface area contributed by atoms with E-state index in [9.17, 15) is 18.0 Å². The van der Waals surface area contributed by atoms with Gasteiger partial charge in [0.25, 0.3) is 0 Å². The molecule has 1 atom stereocenters. The van der Waals surface area contributed by atoms with Crippen LogP contribution in [0.25, 0.3) is 0 Å². The first-order valence-electron chi connectivity index (χ1n) is 11.8. The largest absolute Gasteiger partial charge is 0.330 e. The summed E-state index contributed by atoms with van der Waals surface area (Å²) in [6.07, 6.45) is 4.11. The van der Waals surface area contributed by atoms with Crippen molar-refractivity contribution in [3.63, 3.8) is 0 Å². The molecule has 34 heavy (non-hydrogen) atoms. The smallest absolute Gasteiger partial charge is 0.244 e. The number of hydrogen-bond donors (Lipinski definition) is 2. The van der Waals surface area contributed by atoms with Gasteiger partial charge >= 0.3 is 0 Å². The number of hydrogen-bond acceptors (Lipinski definition) is 7. The molecule has 0 spiro atoms. The van der Waals surface area contributed by atoms with Gasteiger partial charge < -0.3 is 11.1 Å². The van der Waals surface area contributed by atoms with E-state index < -0.39 is 14.9 Å². The van der Waals surface area contributed by atoms with Crippen molar-refractivity contribution in [1.82, 2.24) is 14.6 Å². The van der Waals surface area contributed by atoms with Crippen molar-refractivity contribution >= 4 is 38.8 Å². The summed E-state index contributed by atoms with van der Waals surface area (Å²) >= 11 is 1.20. The van der Waals surface area contributed by atoms with Crippen molar-refractivity contribution in [3.05, 3.63) is 35.9 Å². The quantitative estimate of drug-likeness (QED) is 0.419. The van der Waals surface area contributed by atoms with Gasteiger partial charge in [0.15, 0.2) is 10.0 Å². The van der Waals surface area contributed by atoms with Gasteiger partial charge in [0.1, 0.15) is 0 Å². The molecule has 2 rings (SSSR count). The average molecular weight is 512 g/mol. The number of benzene rings is 1. The summed E-state index contributed by atoms with van der Waals surface area (Å²) in [5.41, 5.74) is 6.25. The maximum atomic E-state index is 13.3. The fourth-order valence-corrected chi connectivity index (χ4v) is 6.20. The van der Waals surface area contributed by atoms with Gasteiger partial charge in [0.2, 0.25) is 21.8 Å². The number of thioether (sulfide) groups is 1. The molecule has 1 heterocycles. The summed E-state index contributed by atoms with van der Waals surface area (Å²) in [7, 11) is -2.11. The highest BCUT2D eigenvalue weighted by molar-refractivity contribution is 8.14. The number of carbonyl (C=O) groups excluding carboxylic acids is 2. The number of sulfonamides is 1. The van der Waals surface area contributed by atoms with E-state index in [4.69, 9.17) is 5.73 Å². The molecule has 0 radical (unpaired) electrons. The second kappa shape index (κ2) is 13.2. The Kier molecular flexibility index (Phi) is 11.0. The van der Waals surface area contributed by atoms with Crippen LogP contribution in [0, 0.1) is 0 Å². The van der Waals surface area contributed by atoms with Gasteiger partial charge in [-0.05, 0) is 43.1 Å². The molecule has 190 valence electrons. The molecule has 0 aliphatic carbocycles. The van der Waals surface area contributed by atoms with Gasteiger partial charge in [-0.15, -0.1) is 5.10 Å². The van der Waals surface area contributed by atoms with E-state index >= 15 is 0 Å². The van der Waals surface area contributed by atoms with E-state index in [1.165, 1.54) is 28.1 Å². The zero-order chi connectivity index (χ0) is 25.2. The van der Waals surface area contributed by atoms with Gasteiger partial charge in [-0.3, -0.25) is 9.59 Å². The van der Waals surface area contributed by atoms with E-state index in [2.05, 4.69) is 10.4 Å². The Labute approximate surface area is 207 Å². The summed E-state index contributed by atoms with van der Waals surface area (Å²) in [5.74, 6) is -0.480. The standard InChI is InChI=1S/C23H37N5O4S2/c1-4-6-14-20(29)25-22-26-28(21(30)15-7-5-2)23(33-22,19-12-9-8-10-13-19)18-27(3)34(31,32)17-11-16-24/h8-10,12-13H,4-7,11,14-18,24H2,1-3H3,(H,25,26,29).